The van der Waals surface area contributed by atoms with E-state index in [4.69, 9.17) is 0 Å². The normalized spacial score (nSPS) is 8.11. The Bertz CT molecular complexity index is 77.4. The second-order valence-corrected chi connectivity index (χ2v) is 1.58. The standard InChI is InChI=1S/C5H11NO2.Rb/c1-6-4-2-3-5(7)8;/h6H,2-4H2,1H3,(H,7,8);/q;+1/p-1. The van der Waals surface area contributed by atoms with E-state index in [1.807, 2.05) is 0 Å². The maximum Gasteiger partial charge on any atom is 1.00 e. The zero-order valence-electron chi connectivity index (χ0n) is 5.94. The second-order valence-electron chi connectivity index (χ2n) is 1.58. The number of aliphatic carboxylic acids is 1. The third kappa shape index (κ3) is 12.4. The van der Waals surface area contributed by atoms with Crippen LogP contribution in [0, 0.1) is 0 Å². The first-order valence-electron chi connectivity index (χ1n) is 2.62. The fourth-order valence-electron chi connectivity index (χ4n) is 0.410. The minimum atomic E-state index is -0.972. The molecule has 0 unspecified atom stereocenters. The average molecular weight is 202 g/mol. The van der Waals surface area contributed by atoms with Crippen LogP contribution in [0.25, 0.3) is 0 Å². The molecule has 0 aromatic carbocycles. The van der Waals surface area contributed by atoms with E-state index in [2.05, 4.69) is 5.32 Å². The maximum atomic E-state index is 9.74. The molecule has 0 amide bonds. The first kappa shape index (κ1) is 12.9. The number of carbonyl (C=O) groups excluding carboxylic acids is 1. The van der Waals surface area contributed by atoms with Gasteiger partial charge in [0.25, 0.3) is 0 Å². The number of carbonyl (C=O) groups is 1. The summed E-state index contributed by atoms with van der Waals surface area (Å²) in [6.45, 7) is 0.744. The third-order valence-corrected chi connectivity index (χ3v) is 0.808. The largest absolute Gasteiger partial charge is 1.00 e. The van der Waals surface area contributed by atoms with Crippen LogP contribution in [-0.4, -0.2) is 19.6 Å². The molecule has 0 bridgehead atoms. The van der Waals surface area contributed by atoms with Gasteiger partial charge in [-0.15, -0.1) is 0 Å². The number of nitrogens with one attached hydrogen (secondary N) is 1. The molecule has 4 heteroatoms. The van der Waals surface area contributed by atoms with Gasteiger partial charge in [-0.1, -0.05) is 0 Å². The molecule has 0 aromatic heterocycles. The summed E-state index contributed by atoms with van der Waals surface area (Å²) in [7, 11) is 1.79. The number of hydrogen-bond donors (Lipinski definition) is 1. The van der Waals surface area contributed by atoms with Crippen molar-refractivity contribution in [3.63, 3.8) is 0 Å². The van der Waals surface area contributed by atoms with Crippen LogP contribution in [0.5, 0.6) is 0 Å². The van der Waals surface area contributed by atoms with Crippen molar-refractivity contribution >= 4 is 5.97 Å². The summed E-state index contributed by atoms with van der Waals surface area (Å²) in [5.74, 6) is -0.972. The van der Waals surface area contributed by atoms with E-state index >= 15 is 0 Å². The molecule has 0 radical (unpaired) electrons. The smallest absolute Gasteiger partial charge is 0.550 e. The van der Waals surface area contributed by atoms with Crippen LogP contribution in [-0.2, 0) is 4.79 Å². The third-order valence-electron chi connectivity index (χ3n) is 0.808. The van der Waals surface area contributed by atoms with E-state index in [1.165, 1.54) is 0 Å². The molecule has 1 N–H and O–H groups in total. The van der Waals surface area contributed by atoms with Crippen molar-refractivity contribution in [1.29, 1.82) is 0 Å². The van der Waals surface area contributed by atoms with E-state index in [0.717, 1.165) is 6.54 Å². The molecule has 3 nitrogen and oxygen atoms in total. The first-order chi connectivity index (χ1) is 3.77. The minimum Gasteiger partial charge on any atom is -0.550 e. The van der Waals surface area contributed by atoms with Gasteiger partial charge in [0.1, 0.15) is 0 Å². The molecule has 0 aromatic rings. The van der Waals surface area contributed by atoms with Gasteiger partial charge in [0.15, 0.2) is 0 Å². The van der Waals surface area contributed by atoms with Crippen molar-refractivity contribution in [3.05, 3.63) is 0 Å². The SMILES string of the molecule is CNCCCC(=O)[O-].[Rb+]. The van der Waals surface area contributed by atoms with Gasteiger partial charge >= 0.3 is 58.2 Å². The maximum absolute atomic E-state index is 9.74. The fourth-order valence-corrected chi connectivity index (χ4v) is 0.410. The Kier molecular flexibility index (Phi) is 13.2. The predicted octanol–water partition coefficient (Wildman–Crippen LogP) is -4.26. The number of rotatable bonds is 4. The Morgan fingerprint density at radius 2 is 2.22 bits per heavy atom. The van der Waals surface area contributed by atoms with Crippen molar-refractivity contribution in [3.8, 4) is 0 Å². The van der Waals surface area contributed by atoms with Crippen molar-refractivity contribution in [1.82, 2.24) is 5.32 Å². The molecule has 0 atom stereocenters. The van der Waals surface area contributed by atoms with Crippen molar-refractivity contribution in [2.45, 2.75) is 12.8 Å². The summed E-state index contributed by atoms with van der Waals surface area (Å²) >= 11 is 0. The Balaban J connectivity index is 0. The van der Waals surface area contributed by atoms with Crippen LogP contribution in [0.4, 0.5) is 0 Å². The Morgan fingerprint density at radius 1 is 1.67 bits per heavy atom. The number of hydrogen-bond acceptors (Lipinski definition) is 3. The molecular formula is C5H10NO2Rb. The fraction of sp³-hybridized carbons (Fsp3) is 0.800. The average Bonchev–Trinajstić information content (AvgIpc) is 1.66. The van der Waals surface area contributed by atoms with E-state index < -0.39 is 5.97 Å². The summed E-state index contributed by atoms with van der Waals surface area (Å²) < 4.78 is 0. The van der Waals surface area contributed by atoms with E-state index in [-0.39, 0.29) is 64.6 Å². The monoisotopic (exact) mass is 201 g/mol. The van der Waals surface area contributed by atoms with Gasteiger partial charge in [-0.05, 0) is 26.4 Å². The van der Waals surface area contributed by atoms with Gasteiger partial charge in [0, 0.05) is 5.97 Å². The van der Waals surface area contributed by atoms with E-state index in [1.54, 1.807) is 7.05 Å². The molecule has 0 aliphatic rings. The minimum absolute atomic E-state index is 0. The topological polar surface area (TPSA) is 52.2 Å². The summed E-state index contributed by atoms with van der Waals surface area (Å²) in [6, 6.07) is 0. The van der Waals surface area contributed by atoms with Crippen LogP contribution in [0.15, 0.2) is 0 Å². The molecular weight excluding hydrogens is 192 g/mol. The van der Waals surface area contributed by atoms with Gasteiger partial charge in [0.2, 0.25) is 0 Å². The van der Waals surface area contributed by atoms with Gasteiger partial charge < -0.3 is 15.2 Å². The Morgan fingerprint density at radius 3 is 2.56 bits per heavy atom. The molecule has 48 valence electrons. The molecule has 9 heavy (non-hydrogen) atoms. The summed E-state index contributed by atoms with van der Waals surface area (Å²) in [6.07, 6.45) is 0.805. The molecule has 0 spiro atoms. The molecule has 0 heterocycles. The molecule has 0 saturated heterocycles. The van der Waals surface area contributed by atoms with Crippen molar-refractivity contribution in [2.75, 3.05) is 13.6 Å². The van der Waals surface area contributed by atoms with Crippen molar-refractivity contribution < 1.29 is 68.1 Å². The van der Waals surface area contributed by atoms with E-state index in [9.17, 15) is 9.90 Å². The summed E-state index contributed by atoms with van der Waals surface area (Å²) in [4.78, 5) is 9.74. The van der Waals surface area contributed by atoms with Crippen molar-refractivity contribution in [2.24, 2.45) is 0 Å². The molecule has 0 fully saturated rings. The quantitative estimate of drug-likeness (QED) is 0.469. The van der Waals surface area contributed by atoms with Gasteiger partial charge in [-0.2, -0.15) is 0 Å². The molecule has 0 rings (SSSR count). The number of carboxylic acids is 1. The first-order valence-corrected chi connectivity index (χ1v) is 2.62. The van der Waals surface area contributed by atoms with Crippen LogP contribution < -0.4 is 68.6 Å². The Labute approximate surface area is 104 Å². The van der Waals surface area contributed by atoms with Gasteiger partial charge in [0.05, 0.1) is 0 Å². The zero-order valence-corrected chi connectivity index (χ0v) is 10.9. The summed E-state index contributed by atoms with van der Waals surface area (Å²) in [5, 5.41) is 12.6. The summed E-state index contributed by atoms with van der Waals surface area (Å²) in [5.41, 5.74) is 0. The zero-order chi connectivity index (χ0) is 6.41. The van der Waals surface area contributed by atoms with Gasteiger partial charge in [-0.3, -0.25) is 0 Å². The molecule has 0 saturated carbocycles. The van der Waals surface area contributed by atoms with Crippen LogP contribution in [0.1, 0.15) is 12.8 Å². The van der Waals surface area contributed by atoms with Crippen LogP contribution >= 0.6 is 0 Å². The predicted molar refractivity (Wildman–Crippen MR) is 28.2 cm³/mol. The number of carboxylic acid groups (broad SMARTS) is 1. The van der Waals surface area contributed by atoms with E-state index in [0.29, 0.717) is 6.42 Å². The van der Waals surface area contributed by atoms with Gasteiger partial charge in [-0.25, -0.2) is 0 Å². The van der Waals surface area contributed by atoms with Crippen LogP contribution in [0.2, 0.25) is 0 Å². The second kappa shape index (κ2) is 9.24. The van der Waals surface area contributed by atoms with Crippen LogP contribution in [0.3, 0.4) is 0 Å². The molecule has 0 aliphatic carbocycles. The molecule has 0 aliphatic heterocycles. The Hall–Kier alpha value is 1.24.